The van der Waals surface area contributed by atoms with Crippen LogP contribution < -0.4 is 4.90 Å². The molecule has 0 radical (unpaired) electrons. The monoisotopic (exact) mass is 469 g/mol. The van der Waals surface area contributed by atoms with E-state index in [9.17, 15) is 19.2 Å². The summed E-state index contributed by atoms with van der Waals surface area (Å²) in [6.07, 6.45) is 0.294. The molecule has 0 saturated heterocycles. The summed E-state index contributed by atoms with van der Waals surface area (Å²) >= 11 is 0. The van der Waals surface area contributed by atoms with Crippen molar-refractivity contribution in [2.75, 3.05) is 24.6 Å². The zero-order chi connectivity index (χ0) is 24.8. The van der Waals surface area contributed by atoms with Gasteiger partial charge < -0.3 is 9.64 Å². The van der Waals surface area contributed by atoms with E-state index in [0.717, 1.165) is 10.3 Å². The third-order valence-electron chi connectivity index (χ3n) is 5.79. The fraction of sp³-hybridized carbons (Fsp3) is 0.222. The average molecular weight is 469 g/mol. The van der Waals surface area contributed by atoms with E-state index < -0.39 is 18.5 Å². The maximum Gasteiger partial charge on any atom is 0.306 e. The first-order valence-electron chi connectivity index (χ1n) is 11.3. The summed E-state index contributed by atoms with van der Waals surface area (Å²) in [5.41, 5.74) is 1.54. The number of imide groups is 1. The number of hydrogen-bond donors (Lipinski definition) is 0. The van der Waals surface area contributed by atoms with E-state index in [4.69, 9.17) is 10.00 Å². The lowest BCUT2D eigenvalue weighted by molar-refractivity contribution is -0.148. The number of amides is 3. The molecule has 0 aliphatic carbocycles. The summed E-state index contributed by atoms with van der Waals surface area (Å²) < 4.78 is 5.13. The van der Waals surface area contributed by atoms with Gasteiger partial charge in [0.15, 0.2) is 6.61 Å². The fourth-order valence-corrected chi connectivity index (χ4v) is 4.12. The second kappa shape index (κ2) is 10.6. The van der Waals surface area contributed by atoms with Crippen LogP contribution in [-0.4, -0.2) is 48.3 Å². The average Bonchev–Trinajstić information content (AvgIpc) is 2.88. The van der Waals surface area contributed by atoms with Crippen molar-refractivity contribution in [3.8, 4) is 6.07 Å². The van der Waals surface area contributed by atoms with E-state index >= 15 is 0 Å². The van der Waals surface area contributed by atoms with E-state index in [0.29, 0.717) is 22.2 Å². The molecule has 0 spiro atoms. The zero-order valence-electron chi connectivity index (χ0n) is 19.0. The molecule has 0 N–H and O–H groups in total. The molecule has 1 aliphatic heterocycles. The van der Waals surface area contributed by atoms with Crippen LogP contribution in [0, 0.1) is 11.3 Å². The zero-order valence-corrected chi connectivity index (χ0v) is 19.0. The van der Waals surface area contributed by atoms with Crippen LogP contribution in [0.1, 0.15) is 40.0 Å². The molecule has 0 bridgehead atoms. The molecular formula is C27H23N3O5. The number of nitrogens with zero attached hydrogens (tertiary/aromatic N) is 3. The SMILES string of the molecule is N#CCCN(C(=O)COC(=O)CCCN1C(=O)c2cccc3cccc(c23)C1=O)c1ccccc1. The van der Waals surface area contributed by atoms with Crippen LogP contribution in [-0.2, 0) is 14.3 Å². The van der Waals surface area contributed by atoms with Gasteiger partial charge in [0, 0.05) is 41.7 Å². The minimum Gasteiger partial charge on any atom is -0.456 e. The Balaban J connectivity index is 1.32. The molecule has 8 nitrogen and oxygen atoms in total. The summed E-state index contributed by atoms with van der Waals surface area (Å²) in [7, 11) is 0. The molecule has 8 heteroatoms. The number of hydrogen-bond acceptors (Lipinski definition) is 6. The number of anilines is 1. The van der Waals surface area contributed by atoms with Crippen molar-refractivity contribution in [1.29, 1.82) is 5.26 Å². The number of rotatable bonds is 9. The lowest BCUT2D eigenvalue weighted by Gasteiger charge is -2.27. The molecule has 1 aliphatic rings. The van der Waals surface area contributed by atoms with Gasteiger partial charge >= 0.3 is 5.97 Å². The number of benzene rings is 3. The summed E-state index contributed by atoms with van der Waals surface area (Å²) in [5, 5.41) is 10.4. The minimum absolute atomic E-state index is 0.0558. The third-order valence-corrected chi connectivity index (χ3v) is 5.79. The van der Waals surface area contributed by atoms with Gasteiger partial charge in [0.05, 0.1) is 12.5 Å². The Bertz CT molecular complexity index is 1280. The molecule has 1 heterocycles. The predicted molar refractivity (Wildman–Crippen MR) is 129 cm³/mol. The van der Waals surface area contributed by atoms with Crippen LogP contribution in [0.4, 0.5) is 5.69 Å². The number of carbonyl (C=O) groups excluding carboxylic acids is 4. The highest BCUT2D eigenvalue weighted by molar-refractivity contribution is 6.25. The smallest absolute Gasteiger partial charge is 0.306 e. The van der Waals surface area contributed by atoms with Crippen molar-refractivity contribution in [3.63, 3.8) is 0 Å². The van der Waals surface area contributed by atoms with E-state index in [-0.39, 0.29) is 44.2 Å². The van der Waals surface area contributed by atoms with Crippen LogP contribution in [0.5, 0.6) is 0 Å². The molecule has 0 fully saturated rings. The fourth-order valence-electron chi connectivity index (χ4n) is 4.12. The summed E-state index contributed by atoms with van der Waals surface area (Å²) in [6, 6.07) is 21.5. The Hall–Kier alpha value is -4.51. The van der Waals surface area contributed by atoms with Crippen LogP contribution in [0.3, 0.4) is 0 Å². The number of ether oxygens (including phenoxy) is 1. The van der Waals surface area contributed by atoms with Crippen molar-refractivity contribution in [2.24, 2.45) is 0 Å². The highest BCUT2D eigenvalue weighted by Crippen LogP contribution is 2.30. The quantitative estimate of drug-likeness (QED) is 0.349. The minimum atomic E-state index is -0.606. The van der Waals surface area contributed by atoms with Gasteiger partial charge in [-0.1, -0.05) is 42.5 Å². The van der Waals surface area contributed by atoms with Crippen molar-refractivity contribution in [2.45, 2.75) is 19.3 Å². The lowest BCUT2D eigenvalue weighted by atomic mass is 9.94. The van der Waals surface area contributed by atoms with Crippen molar-refractivity contribution < 1.29 is 23.9 Å². The van der Waals surface area contributed by atoms with Gasteiger partial charge in [-0.15, -0.1) is 0 Å². The molecule has 3 amide bonds. The summed E-state index contributed by atoms with van der Waals surface area (Å²) in [4.78, 5) is 53.2. The van der Waals surface area contributed by atoms with E-state index in [2.05, 4.69) is 0 Å². The van der Waals surface area contributed by atoms with Gasteiger partial charge in [-0.2, -0.15) is 5.26 Å². The van der Waals surface area contributed by atoms with Crippen molar-refractivity contribution in [3.05, 3.63) is 77.9 Å². The third kappa shape index (κ3) is 5.04. The largest absolute Gasteiger partial charge is 0.456 e. The molecule has 0 unspecified atom stereocenters. The second-order valence-electron chi connectivity index (χ2n) is 8.02. The highest BCUT2D eigenvalue weighted by Gasteiger charge is 2.32. The Labute approximate surface area is 202 Å². The van der Waals surface area contributed by atoms with Gasteiger partial charge in [0.1, 0.15) is 0 Å². The number of para-hydroxylation sites is 1. The van der Waals surface area contributed by atoms with Crippen molar-refractivity contribution in [1.82, 2.24) is 4.90 Å². The van der Waals surface area contributed by atoms with Gasteiger partial charge in [-0.25, -0.2) is 0 Å². The predicted octanol–water partition coefficient (Wildman–Crippen LogP) is 3.71. The first-order valence-corrected chi connectivity index (χ1v) is 11.3. The standard InChI is InChI=1S/C27H23N3O5/c28-15-7-17-29(20-10-2-1-3-11-20)23(31)18-35-24(32)14-6-16-30-26(33)21-12-4-8-19-9-5-13-22(25(19)21)27(30)34/h1-5,8-13H,6-7,14,16-18H2. The van der Waals surface area contributed by atoms with Crippen molar-refractivity contribution >= 4 is 40.2 Å². The number of carbonyl (C=O) groups is 4. The topological polar surface area (TPSA) is 108 Å². The number of esters is 1. The Kier molecular flexibility index (Phi) is 7.17. The molecule has 176 valence electrons. The van der Waals surface area contributed by atoms with Crippen LogP contribution >= 0.6 is 0 Å². The van der Waals surface area contributed by atoms with Crippen LogP contribution in [0.15, 0.2) is 66.7 Å². The van der Waals surface area contributed by atoms with Gasteiger partial charge in [0.25, 0.3) is 17.7 Å². The molecular weight excluding hydrogens is 446 g/mol. The molecule has 35 heavy (non-hydrogen) atoms. The molecule has 0 saturated carbocycles. The van der Waals surface area contributed by atoms with E-state index in [1.54, 1.807) is 48.5 Å². The van der Waals surface area contributed by atoms with Gasteiger partial charge in [0.2, 0.25) is 0 Å². The Morgan fingerprint density at radius 1 is 0.914 bits per heavy atom. The van der Waals surface area contributed by atoms with Gasteiger partial charge in [-0.05, 0) is 36.1 Å². The normalized spacial score (nSPS) is 12.4. The Morgan fingerprint density at radius 2 is 1.57 bits per heavy atom. The molecule has 3 aromatic carbocycles. The maximum atomic E-state index is 12.9. The van der Waals surface area contributed by atoms with E-state index in [1.165, 1.54) is 4.90 Å². The maximum absolute atomic E-state index is 12.9. The van der Waals surface area contributed by atoms with E-state index in [1.807, 2.05) is 24.3 Å². The first-order chi connectivity index (χ1) is 17.0. The Morgan fingerprint density at radius 3 is 2.20 bits per heavy atom. The first kappa shape index (κ1) is 23.6. The molecule has 0 aromatic heterocycles. The lowest BCUT2D eigenvalue weighted by Crippen LogP contribution is -2.41. The molecule has 0 atom stereocenters. The second-order valence-corrected chi connectivity index (χ2v) is 8.02. The van der Waals surface area contributed by atoms with Crippen LogP contribution in [0.25, 0.3) is 10.8 Å². The number of nitriles is 1. The molecule has 4 rings (SSSR count). The summed E-state index contributed by atoms with van der Waals surface area (Å²) in [5.74, 6) is -1.82. The highest BCUT2D eigenvalue weighted by atomic mass is 16.5. The molecule has 3 aromatic rings. The summed E-state index contributed by atoms with van der Waals surface area (Å²) in [6.45, 7) is -0.218. The van der Waals surface area contributed by atoms with Crippen LogP contribution in [0.2, 0.25) is 0 Å². The van der Waals surface area contributed by atoms with Gasteiger partial charge in [-0.3, -0.25) is 24.1 Å².